The van der Waals surface area contributed by atoms with Gasteiger partial charge in [-0.25, -0.2) is 14.6 Å². The van der Waals surface area contributed by atoms with Crippen LogP contribution >= 0.6 is 0 Å². The number of aromatic nitrogens is 4. The highest BCUT2D eigenvalue weighted by Gasteiger charge is 2.20. The summed E-state index contributed by atoms with van der Waals surface area (Å²) in [6.07, 6.45) is 3.11. The minimum Gasteiger partial charge on any atom is -0.368 e. The predicted molar refractivity (Wildman–Crippen MR) is 98.7 cm³/mol. The molecule has 0 aliphatic rings. The number of rotatable bonds is 5. The van der Waals surface area contributed by atoms with Crippen LogP contribution in [0.5, 0.6) is 0 Å². The van der Waals surface area contributed by atoms with Crippen molar-refractivity contribution in [3.05, 3.63) is 78.8 Å². The summed E-state index contributed by atoms with van der Waals surface area (Å²) in [6.45, 7) is 0. The summed E-state index contributed by atoms with van der Waals surface area (Å²) in [5.74, 6) is 0.0169. The lowest BCUT2D eigenvalue weighted by Gasteiger charge is -2.16. The third-order valence-corrected chi connectivity index (χ3v) is 4.07. The maximum atomic E-state index is 12.0. The summed E-state index contributed by atoms with van der Waals surface area (Å²) in [6, 6.07) is 18.3. The molecule has 1 atom stereocenters. The number of nitrogens with two attached hydrogens (primary N) is 1. The maximum Gasteiger partial charge on any atom is 0.244 e. The molecule has 4 rings (SSSR count). The van der Waals surface area contributed by atoms with Crippen molar-refractivity contribution in [2.45, 2.75) is 6.04 Å². The molecule has 3 N–H and O–H groups in total. The third kappa shape index (κ3) is 2.86. The first-order valence-electron chi connectivity index (χ1n) is 8.09. The van der Waals surface area contributed by atoms with Gasteiger partial charge in [0.25, 0.3) is 0 Å². The molecular formula is C19H16N6O. The van der Waals surface area contributed by atoms with Gasteiger partial charge in [0, 0.05) is 0 Å². The van der Waals surface area contributed by atoms with E-state index in [-0.39, 0.29) is 0 Å². The Kier molecular flexibility index (Phi) is 4.03. The van der Waals surface area contributed by atoms with E-state index < -0.39 is 11.9 Å². The van der Waals surface area contributed by atoms with Crippen LogP contribution < -0.4 is 11.1 Å². The lowest BCUT2D eigenvalue weighted by Crippen LogP contribution is -2.28. The van der Waals surface area contributed by atoms with Crippen LogP contribution in [-0.2, 0) is 4.79 Å². The topological polar surface area (TPSA) is 98.7 Å². The Morgan fingerprint density at radius 1 is 1.00 bits per heavy atom. The average molecular weight is 344 g/mol. The third-order valence-electron chi connectivity index (χ3n) is 4.07. The van der Waals surface area contributed by atoms with E-state index >= 15 is 0 Å². The summed E-state index contributed by atoms with van der Waals surface area (Å²) in [7, 11) is 0. The second-order valence-electron chi connectivity index (χ2n) is 5.74. The number of anilines is 1. The van der Waals surface area contributed by atoms with E-state index in [1.807, 2.05) is 60.7 Å². The summed E-state index contributed by atoms with van der Waals surface area (Å²) in [5, 5.41) is 8.24. The standard InChI is InChI=1S/C19H16N6O/c20-17(26)16(13-7-3-1-4-8-13)24-18-15-11-23-25(19(15)22-12-21-18)14-9-5-2-6-10-14/h1-12,16H,(H2,20,26)(H,21,22,24). The van der Waals surface area contributed by atoms with Crippen LogP contribution in [0.25, 0.3) is 16.7 Å². The Hall–Kier alpha value is -3.74. The molecule has 7 nitrogen and oxygen atoms in total. The van der Waals surface area contributed by atoms with Gasteiger partial charge in [-0.15, -0.1) is 0 Å². The molecule has 0 aliphatic heterocycles. The Labute approximate surface area is 149 Å². The molecule has 1 amide bonds. The lowest BCUT2D eigenvalue weighted by atomic mass is 10.1. The van der Waals surface area contributed by atoms with Gasteiger partial charge in [-0.1, -0.05) is 48.5 Å². The fourth-order valence-electron chi connectivity index (χ4n) is 2.82. The molecule has 2 heterocycles. The van der Waals surface area contributed by atoms with E-state index in [4.69, 9.17) is 5.73 Å². The summed E-state index contributed by atoms with van der Waals surface area (Å²) < 4.78 is 1.73. The molecule has 0 saturated heterocycles. The average Bonchev–Trinajstić information content (AvgIpc) is 3.12. The molecule has 0 spiro atoms. The number of hydrogen-bond acceptors (Lipinski definition) is 5. The van der Waals surface area contributed by atoms with E-state index in [0.29, 0.717) is 16.9 Å². The molecule has 0 fully saturated rings. The number of primary amides is 1. The van der Waals surface area contributed by atoms with Gasteiger partial charge in [0.15, 0.2) is 5.65 Å². The Bertz CT molecular complexity index is 1050. The molecule has 0 radical (unpaired) electrons. The molecule has 2 aromatic carbocycles. The molecule has 0 aliphatic carbocycles. The van der Waals surface area contributed by atoms with Crippen molar-refractivity contribution >= 4 is 22.8 Å². The van der Waals surface area contributed by atoms with Crippen molar-refractivity contribution in [1.29, 1.82) is 0 Å². The molecule has 1 unspecified atom stereocenters. The van der Waals surface area contributed by atoms with Crippen LogP contribution in [0.4, 0.5) is 5.82 Å². The van der Waals surface area contributed by atoms with Crippen LogP contribution in [0.15, 0.2) is 73.2 Å². The van der Waals surface area contributed by atoms with E-state index in [1.165, 1.54) is 6.33 Å². The normalized spacial score (nSPS) is 12.0. The van der Waals surface area contributed by atoms with E-state index in [2.05, 4.69) is 20.4 Å². The van der Waals surface area contributed by atoms with Crippen LogP contribution in [0.1, 0.15) is 11.6 Å². The van der Waals surface area contributed by atoms with Crippen LogP contribution in [0.2, 0.25) is 0 Å². The Morgan fingerprint density at radius 3 is 2.38 bits per heavy atom. The number of benzene rings is 2. The van der Waals surface area contributed by atoms with Gasteiger partial charge >= 0.3 is 0 Å². The van der Waals surface area contributed by atoms with Crippen LogP contribution in [-0.4, -0.2) is 25.7 Å². The zero-order valence-electron chi connectivity index (χ0n) is 13.8. The number of amides is 1. The summed E-state index contributed by atoms with van der Waals surface area (Å²) in [5.41, 5.74) is 7.89. The van der Waals surface area contributed by atoms with E-state index in [0.717, 1.165) is 11.3 Å². The van der Waals surface area contributed by atoms with Gasteiger partial charge in [-0.05, 0) is 17.7 Å². The number of carbonyl (C=O) groups is 1. The smallest absolute Gasteiger partial charge is 0.244 e. The predicted octanol–water partition coefficient (Wildman–Crippen LogP) is 2.45. The van der Waals surface area contributed by atoms with Crippen molar-refractivity contribution in [2.75, 3.05) is 5.32 Å². The van der Waals surface area contributed by atoms with Gasteiger partial charge in [0.05, 0.1) is 17.3 Å². The van der Waals surface area contributed by atoms with Crippen LogP contribution in [0.3, 0.4) is 0 Å². The summed E-state index contributed by atoms with van der Waals surface area (Å²) in [4.78, 5) is 20.6. The highest BCUT2D eigenvalue weighted by molar-refractivity contribution is 5.91. The minimum atomic E-state index is -0.700. The van der Waals surface area contributed by atoms with Crippen molar-refractivity contribution in [2.24, 2.45) is 5.73 Å². The van der Waals surface area contributed by atoms with Gasteiger partial charge in [-0.2, -0.15) is 5.10 Å². The Balaban J connectivity index is 1.75. The molecule has 26 heavy (non-hydrogen) atoms. The molecule has 0 saturated carbocycles. The zero-order chi connectivity index (χ0) is 17.9. The van der Waals surface area contributed by atoms with Gasteiger partial charge in [-0.3, -0.25) is 4.79 Å². The van der Waals surface area contributed by atoms with Gasteiger partial charge in [0.2, 0.25) is 5.91 Å². The van der Waals surface area contributed by atoms with Crippen LogP contribution in [0, 0.1) is 0 Å². The number of nitrogens with one attached hydrogen (secondary N) is 1. The first kappa shape index (κ1) is 15.8. The van der Waals surface area contributed by atoms with Crippen molar-refractivity contribution in [1.82, 2.24) is 19.7 Å². The number of carbonyl (C=O) groups excluding carboxylic acids is 1. The van der Waals surface area contributed by atoms with Gasteiger partial charge in [0.1, 0.15) is 18.2 Å². The summed E-state index contributed by atoms with van der Waals surface area (Å²) >= 11 is 0. The van der Waals surface area contributed by atoms with Gasteiger partial charge < -0.3 is 11.1 Å². The fraction of sp³-hybridized carbons (Fsp3) is 0.0526. The second kappa shape index (κ2) is 6.64. The highest BCUT2D eigenvalue weighted by Crippen LogP contribution is 2.25. The quantitative estimate of drug-likeness (QED) is 0.579. The monoisotopic (exact) mass is 344 g/mol. The molecule has 4 aromatic rings. The maximum absolute atomic E-state index is 12.0. The first-order valence-corrected chi connectivity index (χ1v) is 8.09. The Morgan fingerprint density at radius 2 is 1.69 bits per heavy atom. The zero-order valence-corrected chi connectivity index (χ0v) is 13.8. The van der Waals surface area contributed by atoms with Crippen molar-refractivity contribution in [3.63, 3.8) is 0 Å². The fourth-order valence-corrected chi connectivity index (χ4v) is 2.82. The van der Waals surface area contributed by atoms with Crippen molar-refractivity contribution in [3.8, 4) is 5.69 Å². The number of nitrogens with zero attached hydrogens (tertiary/aromatic N) is 4. The first-order chi connectivity index (χ1) is 12.7. The molecular weight excluding hydrogens is 328 g/mol. The van der Waals surface area contributed by atoms with Crippen molar-refractivity contribution < 1.29 is 4.79 Å². The van der Waals surface area contributed by atoms with E-state index in [9.17, 15) is 4.79 Å². The molecule has 128 valence electrons. The number of hydrogen-bond donors (Lipinski definition) is 2. The SMILES string of the molecule is NC(=O)C(Nc1ncnc2c1cnn2-c1ccccc1)c1ccccc1. The minimum absolute atomic E-state index is 0.488. The largest absolute Gasteiger partial charge is 0.368 e. The molecule has 2 aromatic heterocycles. The van der Waals surface area contributed by atoms with E-state index in [1.54, 1.807) is 10.9 Å². The number of para-hydroxylation sites is 1. The number of fused-ring (bicyclic) bond motifs is 1. The molecule has 0 bridgehead atoms. The second-order valence-corrected chi connectivity index (χ2v) is 5.74. The molecule has 7 heteroatoms. The lowest BCUT2D eigenvalue weighted by molar-refractivity contribution is -0.118. The highest BCUT2D eigenvalue weighted by atomic mass is 16.1.